The minimum absolute atomic E-state index is 0.168. The van der Waals surface area contributed by atoms with Crippen LogP contribution >= 0.6 is 11.6 Å². The normalized spacial score (nSPS) is 11.7. The molecule has 2 aromatic heterocycles. The molecule has 0 aliphatic heterocycles. The Morgan fingerprint density at radius 2 is 1.56 bits per heavy atom. The monoisotopic (exact) mass is 577 g/mol. The molecule has 0 aliphatic carbocycles. The lowest BCUT2D eigenvalue weighted by Gasteiger charge is -2.16. The van der Waals surface area contributed by atoms with Crippen LogP contribution in [-0.2, 0) is 5.41 Å². The molecule has 1 amide bonds. The smallest absolute Gasteiger partial charge is 0.255 e. The zero-order chi connectivity index (χ0) is 29.2. The number of hydrogen-bond donors (Lipinski definition) is 2. The van der Waals surface area contributed by atoms with Crippen LogP contribution in [0.5, 0.6) is 5.75 Å². The zero-order valence-electron chi connectivity index (χ0n) is 24.9. The largest absolute Gasteiger partial charge is 0.494 e. The molecule has 41 heavy (non-hydrogen) atoms. The summed E-state index contributed by atoms with van der Waals surface area (Å²) in [6, 6.07) is 14.8. The predicted octanol–water partition coefficient (Wildman–Crippen LogP) is 9.23. The van der Waals surface area contributed by atoms with Crippen molar-refractivity contribution in [3.8, 4) is 17.1 Å². The maximum Gasteiger partial charge on any atom is 0.255 e. The van der Waals surface area contributed by atoms with Gasteiger partial charge in [0.15, 0.2) is 11.5 Å². The molecular formula is C33H44ClN5O2. The Kier molecular flexibility index (Phi) is 10.9. The second-order valence-electron chi connectivity index (χ2n) is 11.8. The molecule has 2 N–H and O–H groups in total. The van der Waals surface area contributed by atoms with E-state index in [-0.39, 0.29) is 11.3 Å². The van der Waals surface area contributed by atoms with Crippen LogP contribution in [0.2, 0.25) is 5.02 Å². The van der Waals surface area contributed by atoms with E-state index in [9.17, 15) is 4.79 Å². The molecular weight excluding hydrogens is 534 g/mol. The number of amides is 1. The number of aromatic amines is 1. The van der Waals surface area contributed by atoms with Gasteiger partial charge in [0.05, 0.1) is 18.0 Å². The van der Waals surface area contributed by atoms with Crippen LogP contribution in [-0.4, -0.2) is 32.3 Å². The van der Waals surface area contributed by atoms with Crippen molar-refractivity contribution in [1.29, 1.82) is 0 Å². The summed E-state index contributed by atoms with van der Waals surface area (Å²) < 4.78 is 7.49. The second kappa shape index (κ2) is 14.5. The third-order valence-electron chi connectivity index (χ3n) is 7.29. The number of H-pyrrole nitrogens is 1. The lowest BCUT2D eigenvalue weighted by atomic mass is 9.92. The number of fused-ring (bicyclic) bond motifs is 1. The highest BCUT2D eigenvalue weighted by Gasteiger charge is 2.25. The number of carbonyl (C=O) groups is 1. The number of unbranched alkanes of at least 4 members (excludes halogenated alkanes) is 9. The molecule has 7 nitrogen and oxygen atoms in total. The quantitative estimate of drug-likeness (QED) is 0.138. The number of para-hydroxylation sites is 1. The maximum absolute atomic E-state index is 13.1. The average Bonchev–Trinajstić information content (AvgIpc) is 3.51. The third-order valence-corrected chi connectivity index (χ3v) is 7.65. The number of halogens is 1. The number of anilines is 1. The number of nitrogens with one attached hydrogen (secondary N) is 2. The van der Waals surface area contributed by atoms with Crippen LogP contribution in [0.4, 0.5) is 5.69 Å². The number of nitrogens with zero attached hydrogens (tertiary/aromatic N) is 3. The highest BCUT2D eigenvalue weighted by Crippen LogP contribution is 2.33. The van der Waals surface area contributed by atoms with Crippen LogP contribution in [0.25, 0.3) is 17.0 Å². The average molecular weight is 578 g/mol. The van der Waals surface area contributed by atoms with E-state index < -0.39 is 0 Å². The lowest BCUT2D eigenvalue weighted by Crippen LogP contribution is -2.13. The van der Waals surface area contributed by atoms with E-state index in [2.05, 4.69) is 48.2 Å². The first kappa shape index (κ1) is 30.6. The topological polar surface area (TPSA) is 84.3 Å². The minimum atomic E-state index is -0.212. The van der Waals surface area contributed by atoms with E-state index in [1.165, 1.54) is 57.8 Å². The number of ether oxygens (including phenoxy) is 1. The second-order valence-corrected chi connectivity index (χ2v) is 12.2. The zero-order valence-corrected chi connectivity index (χ0v) is 25.7. The number of hydrogen-bond acceptors (Lipinski definition) is 4. The summed E-state index contributed by atoms with van der Waals surface area (Å²) in [6.45, 7) is 9.19. The van der Waals surface area contributed by atoms with Gasteiger partial charge in [-0.2, -0.15) is 4.63 Å². The van der Waals surface area contributed by atoms with Gasteiger partial charge >= 0.3 is 0 Å². The SMILES string of the molecule is CCCCCCCCCCCCOc1ccc(C(=O)Nc2ccccc2-c2nc3c(Cl)c(C(C)(C)C)[nH]n3n2)cc1. The highest BCUT2D eigenvalue weighted by atomic mass is 35.5. The summed E-state index contributed by atoms with van der Waals surface area (Å²) in [4.78, 5) is 17.7. The summed E-state index contributed by atoms with van der Waals surface area (Å²) >= 11 is 6.61. The Morgan fingerprint density at radius 3 is 2.20 bits per heavy atom. The van der Waals surface area contributed by atoms with E-state index in [0.29, 0.717) is 39.9 Å². The molecule has 0 radical (unpaired) electrons. The lowest BCUT2D eigenvalue weighted by molar-refractivity contribution is 0.102. The minimum Gasteiger partial charge on any atom is -0.494 e. The molecule has 0 atom stereocenters. The molecule has 0 bridgehead atoms. The van der Waals surface area contributed by atoms with Crippen molar-refractivity contribution in [1.82, 2.24) is 19.8 Å². The van der Waals surface area contributed by atoms with E-state index in [4.69, 9.17) is 16.3 Å². The highest BCUT2D eigenvalue weighted by molar-refractivity contribution is 6.34. The summed E-state index contributed by atoms with van der Waals surface area (Å²) in [6.07, 6.45) is 13.0. The van der Waals surface area contributed by atoms with Gasteiger partial charge in [0.1, 0.15) is 10.8 Å². The van der Waals surface area contributed by atoms with Gasteiger partial charge in [0, 0.05) is 16.5 Å². The maximum atomic E-state index is 13.1. The van der Waals surface area contributed by atoms with Gasteiger partial charge in [0.2, 0.25) is 0 Å². The number of benzene rings is 2. The first-order valence-electron chi connectivity index (χ1n) is 15.1. The van der Waals surface area contributed by atoms with Crippen molar-refractivity contribution in [2.24, 2.45) is 0 Å². The molecule has 8 heteroatoms. The molecule has 0 fully saturated rings. The molecule has 220 valence electrons. The van der Waals surface area contributed by atoms with E-state index >= 15 is 0 Å². The number of aromatic nitrogens is 4. The fourth-order valence-corrected chi connectivity index (χ4v) is 5.32. The van der Waals surface area contributed by atoms with Gasteiger partial charge in [-0.1, -0.05) is 109 Å². The van der Waals surface area contributed by atoms with E-state index in [1.54, 1.807) is 16.8 Å². The standard InChI is InChI=1S/C33H44ClN5O2/c1-5-6-7-8-9-10-11-12-13-16-23-41-25-21-19-24(20-22-25)32(40)35-27-18-15-14-17-26(27)30-36-31-28(34)29(33(2,3)4)37-39(31)38-30/h14-15,17-22,37H,5-13,16,23H2,1-4H3,(H,35,40). The van der Waals surface area contributed by atoms with Gasteiger partial charge < -0.3 is 10.1 Å². The number of carbonyl (C=O) groups excluding carboxylic acids is 1. The van der Waals surface area contributed by atoms with Crippen LogP contribution in [0.1, 0.15) is 108 Å². The summed E-state index contributed by atoms with van der Waals surface area (Å²) in [5.41, 5.74) is 3.15. The van der Waals surface area contributed by atoms with Gasteiger partial charge in [-0.05, 0) is 42.8 Å². The molecule has 0 aliphatic rings. The van der Waals surface area contributed by atoms with Crippen LogP contribution in [0, 0.1) is 0 Å². The fourth-order valence-electron chi connectivity index (χ4n) is 4.87. The molecule has 2 heterocycles. The Morgan fingerprint density at radius 1 is 0.927 bits per heavy atom. The van der Waals surface area contributed by atoms with Crippen LogP contribution in [0.15, 0.2) is 48.5 Å². The van der Waals surface area contributed by atoms with Crippen molar-refractivity contribution in [2.45, 2.75) is 97.3 Å². The predicted molar refractivity (Wildman–Crippen MR) is 168 cm³/mol. The van der Waals surface area contributed by atoms with Gasteiger partial charge in [0.25, 0.3) is 5.91 Å². The fraction of sp³-hybridized carbons (Fsp3) is 0.485. The first-order chi connectivity index (χ1) is 19.8. The van der Waals surface area contributed by atoms with Gasteiger partial charge in [-0.15, -0.1) is 5.10 Å². The van der Waals surface area contributed by atoms with E-state index in [1.807, 2.05) is 36.4 Å². The van der Waals surface area contributed by atoms with Gasteiger partial charge in [-0.25, -0.2) is 4.98 Å². The van der Waals surface area contributed by atoms with Crippen molar-refractivity contribution in [2.75, 3.05) is 11.9 Å². The first-order valence-corrected chi connectivity index (χ1v) is 15.4. The molecule has 0 saturated carbocycles. The molecule has 0 saturated heterocycles. The Labute approximate surface area is 249 Å². The molecule has 4 rings (SSSR count). The summed E-state index contributed by atoms with van der Waals surface area (Å²) in [7, 11) is 0. The Hall–Kier alpha value is -3.32. The molecule has 2 aromatic carbocycles. The Bertz CT molecular complexity index is 1400. The van der Waals surface area contributed by atoms with Crippen LogP contribution in [0.3, 0.4) is 0 Å². The molecule has 0 spiro atoms. The van der Waals surface area contributed by atoms with Crippen molar-refractivity contribution in [3.63, 3.8) is 0 Å². The van der Waals surface area contributed by atoms with Gasteiger partial charge in [-0.3, -0.25) is 9.89 Å². The molecule has 0 unspecified atom stereocenters. The molecule has 4 aromatic rings. The number of rotatable bonds is 15. The Balaban J connectivity index is 1.27. The van der Waals surface area contributed by atoms with Crippen molar-refractivity contribution >= 4 is 28.8 Å². The van der Waals surface area contributed by atoms with Crippen molar-refractivity contribution < 1.29 is 9.53 Å². The third kappa shape index (κ3) is 8.35. The summed E-state index contributed by atoms with van der Waals surface area (Å²) in [5.74, 6) is 1.04. The van der Waals surface area contributed by atoms with Crippen LogP contribution < -0.4 is 10.1 Å². The summed E-state index contributed by atoms with van der Waals surface area (Å²) in [5, 5.41) is 11.4. The van der Waals surface area contributed by atoms with E-state index in [0.717, 1.165) is 17.9 Å². The van der Waals surface area contributed by atoms with Crippen molar-refractivity contribution in [3.05, 3.63) is 64.8 Å².